The molecule has 0 amide bonds. The van der Waals surface area contributed by atoms with Crippen LogP contribution in [0.3, 0.4) is 0 Å². The van der Waals surface area contributed by atoms with Crippen LogP contribution in [-0.4, -0.2) is 28.1 Å². The van der Waals surface area contributed by atoms with Crippen LogP contribution < -0.4 is 10.6 Å². The molecule has 0 bridgehead atoms. The Morgan fingerprint density at radius 3 is 2.63 bits per heavy atom. The van der Waals surface area contributed by atoms with Gasteiger partial charge >= 0.3 is 0 Å². The van der Waals surface area contributed by atoms with Crippen LogP contribution in [-0.2, 0) is 13.1 Å². The van der Waals surface area contributed by atoms with Crippen molar-refractivity contribution in [2.75, 3.05) is 6.54 Å². The molecule has 5 nitrogen and oxygen atoms in total. The molecule has 3 aromatic rings. The van der Waals surface area contributed by atoms with Gasteiger partial charge in [-0.05, 0) is 42.5 Å². The topological polar surface area (TPSA) is 54.2 Å². The molecule has 2 unspecified atom stereocenters. The molecule has 1 fully saturated rings. The minimum absolute atomic E-state index is 0.579. The van der Waals surface area contributed by atoms with Crippen LogP contribution in [0.15, 0.2) is 59.9 Å². The first kappa shape index (κ1) is 17.6. The zero-order valence-electron chi connectivity index (χ0n) is 16.0. The number of rotatable bonds is 6. The van der Waals surface area contributed by atoms with E-state index in [9.17, 15) is 0 Å². The first-order chi connectivity index (χ1) is 13.2. The number of hydrogen-bond donors (Lipinski definition) is 2. The summed E-state index contributed by atoms with van der Waals surface area (Å²) < 4.78 is 2.19. The number of nitrogens with one attached hydrogen (secondary N) is 2. The lowest BCUT2D eigenvalue weighted by molar-refractivity contribution is 0.766. The molecule has 1 aromatic heterocycles. The van der Waals surface area contributed by atoms with Gasteiger partial charge in [0.2, 0.25) is 0 Å². The number of benzene rings is 2. The Morgan fingerprint density at radius 2 is 1.89 bits per heavy atom. The van der Waals surface area contributed by atoms with Gasteiger partial charge in [0.25, 0.3) is 0 Å². The van der Waals surface area contributed by atoms with Gasteiger partial charge in [0.15, 0.2) is 5.96 Å². The minimum Gasteiger partial charge on any atom is -0.357 e. The van der Waals surface area contributed by atoms with Crippen LogP contribution >= 0.6 is 0 Å². The van der Waals surface area contributed by atoms with E-state index < -0.39 is 0 Å². The van der Waals surface area contributed by atoms with Crippen molar-refractivity contribution in [3.63, 3.8) is 0 Å². The molecule has 1 heterocycles. The zero-order chi connectivity index (χ0) is 18.6. The second kappa shape index (κ2) is 7.82. The number of aromatic nitrogens is 2. The quantitative estimate of drug-likeness (QED) is 0.521. The van der Waals surface area contributed by atoms with Crippen LogP contribution in [0.4, 0.5) is 0 Å². The smallest absolute Gasteiger partial charge is 0.191 e. The number of guanidine groups is 1. The highest BCUT2D eigenvalue weighted by molar-refractivity contribution is 5.80. The fourth-order valence-electron chi connectivity index (χ4n) is 3.27. The Labute approximate surface area is 160 Å². The molecular formula is C22H27N5. The van der Waals surface area contributed by atoms with Gasteiger partial charge in [-0.2, -0.15) is 0 Å². The molecule has 1 aliphatic carbocycles. The van der Waals surface area contributed by atoms with Gasteiger partial charge in [-0.25, -0.2) is 9.98 Å². The molecule has 2 atom stereocenters. The van der Waals surface area contributed by atoms with E-state index in [0.717, 1.165) is 30.5 Å². The fraction of sp³-hybridized carbons (Fsp3) is 0.364. The molecule has 140 valence electrons. The standard InChI is InChI=1S/C22H27N5/c1-3-23-22(26-20-12-16(20)2)24-13-17-8-10-18(11-9-17)14-27-15-25-19-6-4-5-7-21(19)27/h4-11,15-16,20H,3,12-14H2,1-2H3,(H2,23,24,26). The lowest BCUT2D eigenvalue weighted by atomic mass is 10.1. The molecule has 27 heavy (non-hydrogen) atoms. The SMILES string of the molecule is CCNC(=NCc1ccc(Cn2cnc3ccccc32)cc1)NC1CC1C. The lowest BCUT2D eigenvalue weighted by Crippen LogP contribution is -2.39. The number of fused-ring (bicyclic) bond motifs is 1. The van der Waals surface area contributed by atoms with Crippen molar-refractivity contribution in [1.82, 2.24) is 20.2 Å². The van der Waals surface area contributed by atoms with Crippen LogP contribution in [0.5, 0.6) is 0 Å². The number of nitrogens with zero attached hydrogens (tertiary/aromatic N) is 3. The third-order valence-electron chi connectivity index (χ3n) is 5.10. The van der Waals surface area contributed by atoms with Crippen LogP contribution in [0.1, 0.15) is 31.4 Å². The minimum atomic E-state index is 0.579. The monoisotopic (exact) mass is 361 g/mol. The van der Waals surface area contributed by atoms with Gasteiger partial charge in [-0.1, -0.05) is 43.3 Å². The van der Waals surface area contributed by atoms with Crippen LogP contribution in [0, 0.1) is 5.92 Å². The van der Waals surface area contributed by atoms with Crippen molar-refractivity contribution < 1.29 is 0 Å². The van der Waals surface area contributed by atoms with Crippen LogP contribution in [0.25, 0.3) is 11.0 Å². The zero-order valence-corrected chi connectivity index (χ0v) is 16.0. The van der Waals surface area contributed by atoms with Crippen LogP contribution in [0.2, 0.25) is 0 Å². The largest absolute Gasteiger partial charge is 0.357 e. The van der Waals surface area contributed by atoms with Crippen molar-refractivity contribution in [2.45, 2.75) is 39.4 Å². The Bertz CT molecular complexity index is 925. The molecule has 4 rings (SSSR count). The molecule has 2 N–H and O–H groups in total. The molecule has 0 aliphatic heterocycles. The Balaban J connectivity index is 1.40. The van der Waals surface area contributed by atoms with Gasteiger partial charge in [0.05, 0.1) is 23.9 Å². The van der Waals surface area contributed by atoms with Crippen molar-refractivity contribution in [3.05, 3.63) is 66.0 Å². The van der Waals surface area contributed by atoms with Crippen molar-refractivity contribution in [1.29, 1.82) is 0 Å². The highest BCUT2D eigenvalue weighted by atomic mass is 15.2. The number of imidazole rings is 1. The average molecular weight is 361 g/mol. The Morgan fingerprint density at radius 1 is 1.15 bits per heavy atom. The molecule has 2 aromatic carbocycles. The molecule has 0 radical (unpaired) electrons. The Hall–Kier alpha value is -2.82. The summed E-state index contributed by atoms with van der Waals surface area (Å²) in [5.74, 6) is 1.67. The first-order valence-corrected chi connectivity index (χ1v) is 9.75. The first-order valence-electron chi connectivity index (χ1n) is 9.75. The number of hydrogen-bond acceptors (Lipinski definition) is 2. The molecule has 5 heteroatoms. The van der Waals surface area contributed by atoms with E-state index in [1.165, 1.54) is 23.1 Å². The second-order valence-corrected chi connectivity index (χ2v) is 7.34. The van der Waals surface area contributed by atoms with Crippen molar-refractivity contribution >= 4 is 17.0 Å². The van der Waals surface area contributed by atoms with E-state index in [2.05, 4.69) is 70.4 Å². The summed E-state index contributed by atoms with van der Waals surface area (Å²) >= 11 is 0. The highest BCUT2D eigenvalue weighted by Gasteiger charge is 2.33. The lowest BCUT2D eigenvalue weighted by Gasteiger charge is -2.11. The predicted molar refractivity (Wildman–Crippen MR) is 111 cm³/mol. The second-order valence-electron chi connectivity index (χ2n) is 7.34. The summed E-state index contributed by atoms with van der Waals surface area (Å²) in [4.78, 5) is 9.19. The maximum absolute atomic E-state index is 4.72. The average Bonchev–Trinajstić information content (AvgIpc) is 3.23. The molecular weight excluding hydrogens is 334 g/mol. The van der Waals surface area contributed by atoms with Crippen molar-refractivity contribution in [3.8, 4) is 0 Å². The maximum Gasteiger partial charge on any atom is 0.191 e. The van der Waals surface area contributed by atoms with Crippen molar-refractivity contribution in [2.24, 2.45) is 10.9 Å². The molecule has 1 aliphatic rings. The predicted octanol–water partition coefficient (Wildman–Crippen LogP) is 3.55. The summed E-state index contributed by atoms with van der Waals surface area (Å²) in [5.41, 5.74) is 4.69. The summed E-state index contributed by atoms with van der Waals surface area (Å²) in [5, 5.41) is 6.83. The molecule has 0 saturated heterocycles. The maximum atomic E-state index is 4.72. The molecule has 1 saturated carbocycles. The summed E-state index contributed by atoms with van der Waals surface area (Å²) in [7, 11) is 0. The van der Waals surface area contributed by atoms with Gasteiger partial charge in [-0.3, -0.25) is 0 Å². The van der Waals surface area contributed by atoms with E-state index in [4.69, 9.17) is 4.99 Å². The van der Waals surface area contributed by atoms with Gasteiger partial charge < -0.3 is 15.2 Å². The highest BCUT2D eigenvalue weighted by Crippen LogP contribution is 2.28. The molecule has 0 spiro atoms. The van der Waals surface area contributed by atoms with Gasteiger partial charge in [-0.15, -0.1) is 0 Å². The summed E-state index contributed by atoms with van der Waals surface area (Å²) in [6.45, 7) is 6.76. The summed E-state index contributed by atoms with van der Waals surface area (Å²) in [6.07, 6.45) is 3.15. The summed E-state index contributed by atoms with van der Waals surface area (Å²) in [6, 6.07) is 17.5. The Kier molecular flexibility index (Phi) is 5.10. The van der Waals surface area contributed by atoms with Gasteiger partial charge in [0, 0.05) is 19.1 Å². The van der Waals surface area contributed by atoms with E-state index in [0.29, 0.717) is 12.6 Å². The fourth-order valence-corrected chi connectivity index (χ4v) is 3.27. The van der Waals surface area contributed by atoms with Gasteiger partial charge in [0.1, 0.15) is 0 Å². The third-order valence-corrected chi connectivity index (χ3v) is 5.10. The van der Waals surface area contributed by atoms with E-state index in [-0.39, 0.29) is 0 Å². The van der Waals surface area contributed by atoms with E-state index >= 15 is 0 Å². The van der Waals surface area contributed by atoms with E-state index in [1.54, 1.807) is 0 Å². The number of aliphatic imine (C=N–C) groups is 1. The number of para-hydroxylation sites is 2. The third kappa shape index (κ3) is 4.30. The van der Waals surface area contributed by atoms with E-state index in [1.807, 2.05) is 18.5 Å². The normalized spacial score (nSPS) is 19.3.